The highest BCUT2D eigenvalue weighted by molar-refractivity contribution is 7.99. The van der Waals surface area contributed by atoms with E-state index in [0.717, 1.165) is 10.5 Å². The zero-order chi connectivity index (χ0) is 21.4. The topological polar surface area (TPSA) is 49.4 Å². The van der Waals surface area contributed by atoms with Crippen LogP contribution in [0.4, 0.5) is 0 Å². The summed E-state index contributed by atoms with van der Waals surface area (Å²) >= 11 is 19.7. The van der Waals surface area contributed by atoms with E-state index in [9.17, 15) is 9.59 Å². The number of likely N-dealkylation sites (N-methyl/N-ethyl adjacent to an activating group) is 1. The molecular formula is C21H23Cl3N2O2S. The maximum absolute atomic E-state index is 13.0. The van der Waals surface area contributed by atoms with E-state index in [4.69, 9.17) is 34.8 Å². The number of hydrogen-bond acceptors (Lipinski definition) is 3. The maximum atomic E-state index is 13.0. The van der Waals surface area contributed by atoms with Gasteiger partial charge in [-0.25, -0.2) is 0 Å². The summed E-state index contributed by atoms with van der Waals surface area (Å²) in [6.45, 7) is 2.12. The van der Waals surface area contributed by atoms with Crippen molar-refractivity contribution < 1.29 is 9.59 Å². The smallest absolute Gasteiger partial charge is 0.242 e. The van der Waals surface area contributed by atoms with E-state index in [1.165, 1.54) is 0 Å². The molecular weight excluding hydrogens is 451 g/mol. The fourth-order valence-corrected chi connectivity index (χ4v) is 4.29. The molecule has 2 amide bonds. The molecule has 2 aromatic rings. The lowest BCUT2D eigenvalue weighted by atomic mass is 10.1. The van der Waals surface area contributed by atoms with Crippen molar-refractivity contribution in [3.05, 3.63) is 63.1 Å². The summed E-state index contributed by atoms with van der Waals surface area (Å²) in [5.74, 6) is 0.291. The molecule has 0 radical (unpaired) electrons. The van der Waals surface area contributed by atoms with Gasteiger partial charge >= 0.3 is 0 Å². The van der Waals surface area contributed by atoms with Crippen LogP contribution >= 0.6 is 46.6 Å². The van der Waals surface area contributed by atoms with Gasteiger partial charge < -0.3 is 10.2 Å². The molecule has 0 fully saturated rings. The molecule has 0 saturated carbocycles. The van der Waals surface area contributed by atoms with Crippen LogP contribution in [0.25, 0.3) is 0 Å². The van der Waals surface area contributed by atoms with Crippen molar-refractivity contribution in [1.29, 1.82) is 0 Å². The monoisotopic (exact) mass is 472 g/mol. The zero-order valence-electron chi connectivity index (χ0n) is 16.3. The van der Waals surface area contributed by atoms with Crippen LogP contribution in [0, 0.1) is 0 Å². The average Bonchev–Trinajstić information content (AvgIpc) is 2.70. The van der Waals surface area contributed by atoms with Crippen LogP contribution in [-0.4, -0.2) is 35.6 Å². The summed E-state index contributed by atoms with van der Waals surface area (Å²) in [5, 5.41) is 4.31. The summed E-state index contributed by atoms with van der Waals surface area (Å²) in [7, 11) is 1.57. The van der Waals surface area contributed by atoms with Crippen LogP contribution in [0.15, 0.2) is 47.4 Å². The number of nitrogens with zero attached hydrogens (tertiary/aromatic N) is 1. The second kappa shape index (κ2) is 11.7. The molecule has 0 spiro atoms. The molecule has 4 nitrogen and oxygen atoms in total. The zero-order valence-corrected chi connectivity index (χ0v) is 19.3. The highest BCUT2D eigenvalue weighted by Gasteiger charge is 2.28. The number of nitrogens with one attached hydrogen (secondary N) is 1. The number of carbonyl (C=O) groups is 2. The fraction of sp³-hybridized carbons (Fsp3) is 0.333. The van der Waals surface area contributed by atoms with Crippen LogP contribution in [-0.2, 0) is 16.1 Å². The molecule has 0 saturated heterocycles. The highest BCUT2D eigenvalue weighted by atomic mass is 35.5. The molecule has 1 atom stereocenters. The van der Waals surface area contributed by atoms with E-state index in [2.05, 4.69) is 5.32 Å². The van der Waals surface area contributed by atoms with Gasteiger partial charge in [0.1, 0.15) is 6.04 Å². The summed E-state index contributed by atoms with van der Waals surface area (Å²) < 4.78 is 0. The van der Waals surface area contributed by atoms with E-state index in [0.29, 0.717) is 33.7 Å². The highest BCUT2D eigenvalue weighted by Crippen LogP contribution is 2.25. The minimum absolute atomic E-state index is 0.104. The number of rotatable bonds is 9. The Kier molecular flexibility index (Phi) is 9.63. The van der Waals surface area contributed by atoms with E-state index >= 15 is 0 Å². The van der Waals surface area contributed by atoms with Gasteiger partial charge in [-0.3, -0.25) is 9.59 Å². The normalized spacial score (nSPS) is 11.8. The van der Waals surface area contributed by atoms with Gasteiger partial charge in [-0.15, -0.1) is 11.8 Å². The number of halogens is 3. The third-order valence-electron chi connectivity index (χ3n) is 4.39. The lowest BCUT2D eigenvalue weighted by molar-refractivity contribution is -0.140. The standard InChI is InChI=1S/C21H23Cl3N2O2S/c1-3-19(21(28)25-2)26(13-14-4-5-16(23)12-18(14)24)20(27)10-11-29-17-8-6-15(22)7-9-17/h4-9,12,19H,3,10-11,13H2,1-2H3,(H,25,28). The van der Waals surface area contributed by atoms with Crippen LogP contribution in [0.2, 0.25) is 15.1 Å². The van der Waals surface area contributed by atoms with Crippen LogP contribution in [0.1, 0.15) is 25.3 Å². The maximum Gasteiger partial charge on any atom is 0.242 e. The van der Waals surface area contributed by atoms with Crippen molar-refractivity contribution in [3.8, 4) is 0 Å². The number of amides is 2. The largest absolute Gasteiger partial charge is 0.357 e. The molecule has 2 rings (SSSR count). The minimum Gasteiger partial charge on any atom is -0.357 e. The lowest BCUT2D eigenvalue weighted by Crippen LogP contribution is -2.48. The number of carbonyl (C=O) groups excluding carboxylic acids is 2. The molecule has 0 aromatic heterocycles. The molecule has 29 heavy (non-hydrogen) atoms. The molecule has 0 aliphatic carbocycles. The van der Waals surface area contributed by atoms with Crippen molar-refractivity contribution in [3.63, 3.8) is 0 Å². The number of hydrogen-bond donors (Lipinski definition) is 1. The fourth-order valence-electron chi connectivity index (χ4n) is 2.85. The Bertz CT molecular complexity index is 846. The third kappa shape index (κ3) is 7.10. The predicted octanol–water partition coefficient (Wildman–Crippen LogP) is 5.68. The Labute approximate surface area is 190 Å². The van der Waals surface area contributed by atoms with Crippen molar-refractivity contribution in [1.82, 2.24) is 10.2 Å². The molecule has 0 heterocycles. The second-order valence-electron chi connectivity index (χ2n) is 6.35. The molecule has 0 aliphatic rings. The first-order chi connectivity index (χ1) is 13.8. The Balaban J connectivity index is 2.13. The Morgan fingerprint density at radius 1 is 1.07 bits per heavy atom. The first kappa shape index (κ1) is 23.9. The van der Waals surface area contributed by atoms with Gasteiger partial charge in [0.2, 0.25) is 11.8 Å². The van der Waals surface area contributed by atoms with Gasteiger partial charge in [-0.1, -0.05) is 47.8 Å². The van der Waals surface area contributed by atoms with Crippen molar-refractivity contribution >= 4 is 58.4 Å². The molecule has 0 aliphatic heterocycles. The molecule has 8 heteroatoms. The van der Waals surface area contributed by atoms with Crippen molar-refractivity contribution in [2.24, 2.45) is 0 Å². The number of thioether (sulfide) groups is 1. The van der Waals surface area contributed by atoms with Crippen LogP contribution in [0.3, 0.4) is 0 Å². The molecule has 2 aromatic carbocycles. The Morgan fingerprint density at radius 3 is 2.31 bits per heavy atom. The van der Waals surface area contributed by atoms with E-state index < -0.39 is 6.04 Å². The third-order valence-corrected chi connectivity index (χ3v) is 6.24. The summed E-state index contributed by atoms with van der Waals surface area (Å²) in [6, 6.07) is 12.0. The first-order valence-corrected chi connectivity index (χ1v) is 11.3. The molecule has 1 unspecified atom stereocenters. The van der Waals surface area contributed by atoms with Gasteiger partial charge in [0.15, 0.2) is 0 Å². The van der Waals surface area contributed by atoms with E-state index in [-0.39, 0.29) is 18.4 Å². The Morgan fingerprint density at radius 2 is 1.72 bits per heavy atom. The van der Waals surface area contributed by atoms with Crippen molar-refractivity contribution in [2.75, 3.05) is 12.8 Å². The van der Waals surface area contributed by atoms with Gasteiger partial charge in [-0.2, -0.15) is 0 Å². The quantitative estimate of drug-likeness (QED) is 0.476. The van der Waals surface area contributed by atoms with Gasteiger partial charge in [0, 0.05) is 45.7 Å². The van der Waals surface area contributed by atoms with Crippen molar-refractivity contribution in [2.45, 2.75) is 37.2 Å². The average molecular weight is 474 g/mol. The van der Waals surface area contributed by atoms with E-state index in [1.54, 1.807) is 41.9 Å². The predicted molar refractivity (Wildman–Crippen MR) is 122 cm³/mol. The summed E-state index contributed by atoms with van der Waals surface area (Å²) in [4.78, 5) is 28.0. The van der Waals surface area contributed by atoms with Gasteiger partial charge in [0.05, 0.1) is 0 Å². The van der Waals surface area contributed by atoms with Gasteiger partial charge in [0.25, 0.3) is 0 Å². The molecule has 1 N–H and O–H groups in total. The Hall–Kier alpha value is -1.40. The number of benzene rings is 2. The lowest BCUT2D eigenvalue weighted by Gasteiger charge is -2.30. The minimum atomic E-state index is -0.570. The first-order valence-electron chi connectivity index (χ1n) is 9.19. The van der Waals surface area contributed by atoms with Crippen LogP contribution < -0.4 is 5.32 Å². The summed E-state index contributed by atoms with van der Waals surface area (Å²) in [5.41, 5.74) is 0.747. The van der Waals surface area contributed by atoms with Crippen LogP contribution in [0.5, 0.6) is 0 Å². The van der Waals surface area contributed by atoms with E-state index in [1.807, 2.05) is 31.2 Å². The SMILES string of the molecule is CCC(C(=O)NC)N(Cc1ccc(Cl)cc1Cl)C(=O)CCSc1ccc(Cl)cc1. The van der Waals surface area contributed by atoms with Gasteiger partial charge in [-0.05, 0) is 48.4 Å². The molecule has 0 bridgehead atoms. The summed E-state index contributed by atoms with van der Waals surface area (Å²) in [6.07, 6.45) is 0.799. The molecule has 156 valence electrons. The second-order valence-corrected chi connectivity index (χ2v) is 8.80.